The van der Waals surface area contributed by atoms with E-state index < -0.39 is 11.8 Å². The molecule has 1 aromatic rings. The van der Waals surface area contributed by atoms with Gasteiger partial charge in [-0.05, 0) is 6.92 Å². The molecule has 0 aliphatic rings. The van der Waals surface area contributed by atoms with Crippen molar-refractivity contribution in [3.8, 4) is 0 Å². The van der Waals surface area contributed by atoms with Gasteiger partial charge < -0.3 is 4.74 Å². The summed E-state index contributed by atoms with van der Waals surface area (Å²) >= 11 is 0. The van der Waals surface area contributed by atoms with Gasteiger partial charge in [0.2, 0.25) is 5.78 Å². The molecule has 0 heterocycles. The van der Waals surface area contributed by atoms with Crippen LogP contribution in [0.5, 0.6) is 0 Å². The third-order valence-corrected chi connectivity index (χ3v) is 1.43. The Balaban J connectivity index is 0.00000169. The van der Waals surface area contributed by atoms with Gasteiger partial charge in [0.1, 0.15) is 0 Å². The van der Waals surface area contributed by atoms with E-state index in [-0.39, 0.29) is 39.3 Å². The molecule has 0 unspecified atom stereocenters. The van der Waals surface area contributed by atoms with Crippen LogP contribution >= 0.6 is 0 Å². The van der Waals surface area contributed by atoms with E-state index in [4.69, 9.17) is 0 Å². The number of hydrogen-bond acceptors (Lipinski definition) is 3. The molecule has 0 atom stereocenters. The third-order valence-electron chi connectivity index (χ3n) is 1.43. The molecular formula is C10H9O3Y-. The smallest absolute Gasteiger partial charge is 0.366 e. The van der Waals surface area contributed by atoms with Crippen LogP contribution in [-0.4, -0.2) is 18.4 Å². The van der Waals surface area contributed by atoms with Gasteiger partial charge in [-0.15, -0.1) is 0 Å². The van der Waals surface area contributed by atoms with Crippen LogP contribution in [0.1, 0.15) is 17.3 Å². The van der Waals surface area contributed by atoms with Gasteiger partial charge in [0.15, 0.2) is 0 Å². The fourth-order valence-electron chi connectivity index (χ4n) is 0.849. The van der Waals surface area contributed by atoms with E-state index in [2.05, 4.69) is 10.8 Å². The molecule has 0 aromatic heterocycles. The normalized spacial score (nSPS) is 8.64. The average molecular weight is 266 g/mol. The summed E-state index contributed by atoms with van der Waals surface area (Å²) in [4.78, 5) is 22.2. The molecule has 1 radical (unpaired) electrons. The maximum Gasteiger partial charge on any atom is 0.366 e. The Labute approximate surface area is 108 Å². The van der Waals surface area contributed by atoms with E-state index in [1.165, 1.54) is 6.07 Å². The molecule has 1 rings (SSSR count). The van der Waals surface area contributed by atoms with Crippen molar-refractivity contribution in [3.63, 3.8) is 0 Å². The molecule has 0 saturated carbocycles. The molecular weight excluding hydrogens is 257 g/mol. The Hall–Kier alpha value is -0.536. The van der Waals surface area contributed by atoms with Crippen molar-refractivity contribution >= 4 is 11.8 Å². The second-order valence-corrected chi connectivity index (χ2v) is 2.34. The Morgan fingerprint density at radius 3 is 2.71 bits per heavy atom. The van der Waals surface area contributed by atoms with Gasteiger partial charge in [-0.2, -0.15) is 30.3 Å². The number of Topliss-reactive ketones (excluding diaryl/α,β-unsaturated/α-hetero) is 1. The molecule has 71 valence electrons. The number of ketones is 1. The standard InChI is InChI=1S/C10H9O3.Y/c1-2-13-10(12)9(11)8-6-4-3-5-7-8;/h3-4,6-7H,2H2,1H3;/q-1;. The van der Waals surface area contributed by atoms with E-state index in [0.29, 0.717) is 5.56 Å². The van der Waals surface area contributed by atoms with Gasteiger partial charge in [-0.1, -0.05) is 5.56 Å². The number of esters is 1. The number of carbonyl (C=O) groups excluding carboxylic acids is 2. The van der Waals surface area contributed by atoms with Crippen molar-refractivity contribution in [1.82, 2.24) is 0 Å². The van der Waals surface area contributed by atoms with Gasteiger partial charge in [-0.25, -0.2) is 4.79 Å². The molecule has 4 heteroatoms. The third kappa shape index (κ3) is 3.68. The van der Waals surface area contributed by atoms with E-state index in [0.717, 1.165) is 0 Å². The molecule has 0 N–H and O–H groups in total. The van der Waals surface area contributed by atoms with E-state index in [1.807, 2.05) is 0 Å². The molecule has 0 aliphatic carbocycles. The van der Waals surface area contributed by atoms with Gasteiger partial charge in [0.25, 0.3) is 0 Å². The van der Waals surface area contributed by atoms with Crippen LogP contribution in [0.2, 0.25) is 0 Å². The summed E-state index contributed by atoms with van der Waals surface area (Å²) in [6.45, 7) is 1.86. The zero-order valence-corrected chi connectivity index (χ0v) is 10.7. The summed E-state index contributed by atoms with van der Waals surface area (Å²) in [6, 6.07) is 9.02. The first-order valence-electron chi connectivity index (χ1n) is 3.93. The molecule has 0 aliphatic heterocycles. The number of carbonyl (C=O) groups is 2. The number of ether oxygens (including phenoxy) is 1. The summed E-state index contributed by atoms with van der Waals surface area (Å²) in [5, 5.41) is 0. The number of benzene rings is 1. The van der Waals surface area contributed by atoms with Crippen LogP contribution in [-0.2, 0) is 42.2 Å². The van der Waals surface area contributed by atoms with E-state index in [9.17, 15) is 9.59 Å². The predicted octanol–water partition coefficient (Wildman–Crippen LogP) is 1.23. The minimum atomic E-state index is -0.817. The average Bonchev–Trinajstić information content (AvgIpc) is 2.18. The first-order valence-corrected chi connectivity index (χ1v) is 3.93. The Morgan fingerprint density at radius 1 is 1.50 bits per heavy atom. The molecule has 1 aromatic carbocycles. The van der Waals surface area contributed by atoms with Crippen LogP contribution in [0.15, 0.2) is 24.3 Å². The van der Waals surface area contributed by atoms with Crippen molar-refractivity contribution in [2.45, 2.75) is 6.92 Å². The van der Waals surface area contributed by atoms with Crippen LogP contribution < -0.4 is 0 Å². The SMILES string of the molecule is CCOC(=O)C(=O)c1c[c-]ccc1.[Y]. The monoisotopic (exact) mass is 266 g/mol. The minimum Gasteiger partial charge on any atom is -0.461 e. The summed E-state index contributed by atoms with van der Waals surface area (Å²) < 4.78 is 4.56. The van der Waals surface area contributed by atoms with Crippen LogP contribution in [0.25, 0.3) is 0 Å². The second kappa shape index (κ2) is 6.85. The van der Waals surface area contributed by atoms with E-state index in [1.54, 1.807) is 25.1 Å². The first-order chi connectivity index (χ1) is 6.25. The summed E-state index contributed by atoms with van der Waals surface area (Å²) in [5.41, 5.74) is 0.306. The van der Waals surface area contributed by atoms with Crippen molar-refractivity contribution < 1.29 is 47.0 Å². The predicted molar refractivity (Wildman–Crippen MR) is 46.2 cm³/mol. The first kappa shape index (κ1) is 13.5. The van der Waals surface area contributed by atoms with Crippen molar-refractivity contribution in [1.29, 1.82) is 0 Å². The van der Waals surface area contributed by atoms with Crippen molar-refractivity contribution in [2.75, 3.05) is 6.61 Å². The topological polar surface area (TPSA) is 43.4 Å². The molecule has 0 saturated heterocycles. The van der Waals surface area contributed by atoms with Crippen molar-refractivity contribution in [2.24, 2.45) is 0 Å². The molecule has 0 spiro atoms. The number of rotatable bonds is 3. The van der Waals surface area contributed by atoms with E-state index >= 15 is 0 Å². The van der Waals surface area contributed by atoms with Gasteiger partial charge in [0.05, 0.1) is 6.61 Å². The number of hydrogen-bond donors (Lipinski definition) is 0. The zero-order chi connectivity index (χ0) is 9.68. The minimum absolute atomic E-state index is 0. The maximum absolute atomic E-state index is 11.2. The van der Waals surface area contributed by atoms with Crippen molar-refractivity contribution in [3.05, 3.63) is 35.9 Å². The van der Waals surface area contributed by atoms with Crippen LogP contribution in [0, 0.1) is 6.07 Å². The Kier molecular flexibility index (Phi) is 6.59. The van der Waals surface area contributed by atoms with Gasteiger partial charge >= 0.3 is 5.97 Å². The Bertz CT molecular complexity index is 308. The maximum atomic E-state index is 11.2. The summed E-state index contributed by atoms with van der Waals surface area (Å²) in [5.74, 6) is -1.44. The van der Waals surface area contributed by atoms with Crippen LogP contribution in [0.4, 0.5) is 0 Å². The molecule has 0 amide bonds. The summed E-state index contributed by atoms with van der Waals surface area (Å²) in [6.07, 6.45) is 0. The quantitative estimate of drug-likeness (QED) is 0.357. The fraction of sp³-hybridized carbons (Fsp3) is 0.200. The summed E-state index contributed by atoms with van der Waals surface area (Å²) in [7, 11) is 0. The Morgan fingerprint density at radius 2 is 2.21 bits per heavy atom. The fourth-order valence-corrected chi connectivity index (χ4v) is 0.849. The molecule has 3 nitrogen and oxygen atoms in total. The molecule has 0 fully saturated rings. The largest absolute Gasteiger partial charge is 0.461 e. The van der Waals surface area contributed by atoms with Gasteiger partial charge in [0, 0.05) is 32.7 Å². The van der Waals surface area contributed by atoms with Crippen LogP contribution in [0.3, 0.4) is 0 Å². The second-order valence-electron chi connectivity index (χ2n) is 2.34. The zero-order valence-electron chi connectivity index (χ0n) is 7.82. The molecule has 0 bridgehead atoms. The molecule has 14 heavy (non-hydrogen) atoms. The van der Waals surface area contributed by atoms with Gasteiger partial charge in [-0.3, -0.25) is 4.79 Å².